The van der Waals surface area contributed by atoms with E-state index in [4.69, 9.17) is 0 Å². The molecule has 2 amide bonds. The maximum atomic E-state index is 13.0. The molecule has 0 spiro atoms. The molecule has 0 aliphatic rings. The summed E-state index contributed by atoms with van der Waals surface area (Å²) in [5, 5.41) is 15.0. The Labute approximate surface area is 219 Å². The van der Waals surface area contributed by atoms with E-state index in [-0.39, 0.29) is 23.9 Å². The third-order valence-electron chi connectivity index (χ3n) is 6.56. The van der Waals surface area contributed by atoms with Gasteiger partial charge >= 0.3 is 5.97 Å². The fourth-order valence-electron chi connectivity index (χ4n) is 4.34. The van der Waals surface area contributed by atoms with Crippen molar-refractivity contribution in [3.8, 4) is 0 Å². The van der Waals surface area contributed by atoms with Crippen LogP contribution in [0.25, 0.3) is 0 Å². The zero-order chi connectivity index (χ0) is 26.7. The highest BCUT2D eigenvalue weighted by atomic mass is 32.1. The van der Waals surface area contributed by atoms with Crippen molar-refractivity contribution in [1.82, 2.24) is 15.2 Å². The molecule has 0 fully saturated rings. The van der Waals surface area contributed by atoms with Gasteiger partial charge in [-0.15, -0.1) is 11.3 Å². The molecule has 0 aliphatic carbocycles. The Balaban J connectivity index is 2.02. The molecule has 2 unspecified atom stereocenters. The summed E-state index contributed by atoms with van der Waals surface area (Å²) in [6.45, 7) is 7.99. The number of hydrogen-bond donors (Lipinski definition) is 2. The van der Waals surface area contributed by atoms with Crippen LogP contribution in [0.1, 0.15) is 80.9 Å². The molecule has 7 nitrogen and oxygen atoms in total. The predicted molar refractivity (Wildman–Crippen MR) is 144 cm³/mol. The third-order valence-corrected chi connectivity index (χ3v) is 7.47. The van der Waals surface area contributed by atoms with Crippen LogP contribution < -0.4 is 5.32 Å². The minimum absolute atomic E-state index is 0.114. The lowest BCUT2D eigenvalue weighted by molar-refractivity contribution is -0.141. The van der Waals surface area contributed by atoms with E-state index in [2.05, 4.69) is 31.1 Å². The van der Waals surface area contributed by atoms with E-state index < -0.39 is 11.9 Å². The minimum atomic E-state index is -0.879. The maximum Gasteiger partial charge on any atom is 0.306 e. The average Bonchev–Trinajstić information content (AvgIpc) is 3.32. The highest BCUT2D eigenvalue weighted by molar-refractivity contribution is 7.09. The second kappa shape index (κ2) is 14.7. The van der Waals surface area contributed by atoms with Crippen molar-refractivity contribution in [3.05, 3.63) is 52.0 Å². The van der Waals surface area contributed by atoms with E-state index in [1.54, 1.807) is 12.3 Å². The summed E-state index contributed by atoms with van der Waals surface area (Å²) >= 11 is 1.45. The SMILES string of the molecule is CCCCC(=O)N(C)C(CCc1nc(C(=O)NC(Cc2ccccc2)C[C@H](C)C(=O)O)cs1)C(C)C. The van der Waals surface area contributed by atoms with Crippen molar-refractivity contribution in [2.45, 2.75) is 84.7 Å². The lowest BCUT2D eigenvalue weighted by Gasteiger charge is -2.31. The first kappa shape index (κ1) is 29.5. The standard InChI is InChI=1S/C28H41N3O4S/c1-6-7-13-26(32)31(5)24(19(2)3)14-15-25-30-23(18-36-25)27(33)29-22(16-20(4)28(34)35)17-21-11-9-8-10-12-21/h8-12,18-20,22,24H,6-7,13-17H2,1-5H3,(H,29,33)(H,34,35)/t20-,22?,24?/m0/s1. The van der Waals surface area contributed by atoms with Crippen molar-refractivity contribution >= 4 is 29.1 Å². The number of carboxylic acid groups (broad SMARTS) is 1. The van der Waals surface area contributed by atoms with Gasteiger partial charge in [-0.2, -0.15) is 0 Å². The van der Waals surface area contributed by atoms with Crippen molar-refractivity contribution in [3.63, 3.8) is 0 Å². The van der Waals surface area contributed by atoms with Gasteiger partial charge in [0.2, 0.25) is 5.91 Å². The van der Waals surface area contributed by atoms with Gasteiger partial charge in [-0.25, -0.2) is 4.98 Å². The normalized spacial score (nSPS) is 13.7. The first-order chi connectivity index (χ1) is 17.1. The summed E-state index contributed by atoms with van der Waals surface area (Å²) < 4.78 is 0. The second-order valence-corrected chi connectivity index (χ2v) is 10.9. The number of amides is 2. The van der Waals surface area contributed by atoms with E-state index in [1.807, 2.05) is 42.3 Å². The Hall–Kier alpha value is -2.74. The smallest absolute Gasteiger partial charge is 0.306 e. The lowest BCUT2D eigenvalue weighted by atomic mass is 9.96. The number of benzene rings is 1. The molecule has 2 rings (SSSR count). The molecule has 2 N–H and O–H groups in total. The van der Waals surface area contributed by atoms with E-state index in [9.17, 15) is 19.5 Å². The van der Waals surface area contributed by atoms with E-state index in [1.165, 1.54) is 11.3 Å². The van der Waals surface area contributed by atoms with Gasteiger partial charge in [-0.1, -0.05) is 64.4 Å². The molecule has 36 heavy (non-hydrogen) atoms. The van der Waals surface area contributed by atoms with Crippen LogP contribution in [0.5, 0.6) is 0 Å². The number of rotatable bonds is 15. The lowest BCUT2D eigenvalue weighted by Crippen LogP contribution is -2.40. The molecule has 0 bridgehead atoms. The topological polar surface area (TPSA) is 99.6 Å². The van der Waals surface area contributed by atoms with Crippen LogP contribution in [0.3, 0.4) is 0 Å². The Morgan fingerprint density at radius 2 is 1.83 bits per heavy atom. The number of thiazole rings is 1. The number of nitrogens with zero attached hydrogens (tertiary/aromatic N) is 2. The van der Waals surface area contributed by atoms with Crippen LogP contribution in [0.2, 0.25) is 0 Å². The largest absolute Gasteiger partial charge is 0.481 e. The molecule has 1 aromatic carbocycles. The Kier molecular flexibility index (Phi) is 12.1. The number of aliphatic carboxylic acids is 1. The zero-order valence-corrected chi connectivity index (χ0v) is 23.0. The van der Waals surface area contributed by atoms with Gasteiger partial charge in [-0.05, 0) is 37.2 Å². The average molecular weight is 516 g/mol. The number of carbonyl (C=O) groups is 3. The molecule has 1 aromatic heterocycles. The Morgan fingerprint density at radius 3 is 2.44 bits per heavy atom. The van der Waals surface area contributed by atoms with Crippen LogP contribution in [-0.2, 0) is 22.4 Å². The molecule has 1 heterocycles. The monoisotopic (exact) mass is 515 g/mol. The first-order valence-corrected chi connectivity index (χ1v) is 13.8. The van der Waals surface area contributed by atoms with Gasteiger partial charge in [0.15, 0.2) is 0 Å². The molecule has 0 radical (unpaired) electrons. The number of carbonyl (C=O) groups excluding carboxylic acids is 2. The zero-order valence-electron chi connectivity index (χ0n) is 22.2. The van der Waals surface area contributed by atoms with Gasteiger partial charge < -0.3 is 15.3 Å². The highest BCUT2D eigenvalue weighted by Gasteiger charge is 2.24. The molecule has 2 aromatic rings. The molecule has 8 heteroatoms. The summed E-state index contributed by atoms with van der Waals surface area (Å²) in [5.74, 6) is -1.25. The quantitative estimate of drug-likeness (QED) is 0.340. The number of nitrogens with one attached hydrogen (secondary N) is 1. The third kappa shape index (κ3) is 9.37. The first-order valence-electron chi connectivity index (χ1n) is 12.9. The number of aryl methyl sites for hydroxylation is 1. The maximum absolute atomic E-state index is 13.0. The fraction of sp³-hybridized carbons (Fsp3) is 0.571. The van der Waals surface area contributed by atoms with E-state index >= 15 is 0 Å². The van der Waals surface area contributed by atoms with E-state index in [0.717, 1.165) is 29.8 Å². The molecule has 198 valence electrons. The van der Waals surface area contributed by atoms with Gasteiger partial charge in [0, 0.05) is 37.4 Å². The van der Waals surface area contributed by atoms with Crippen LogP contribution in [0.15, 0.2) is 35.7 Å². The van der Waals surface area contributed by atoms with Crippen molar-refractivity contribution in [2.75, 3.05) is 7.05 Å². The fourth-order valence-corrected chi connectivity index (χ4v) is 5.14. The Morgan fingerprint density at radius 1 is 1.14 bits per heavy atom. The van der Waals surface area contributed by atoms with Gasteiger partial charge in [0.05, 0.1) is 10.9 Å². The van der Waals surface area contributed by atoms with E-state index in [0.29, 0.717) is 37.3 Å². The minimum Gasteiger partial charge on any atom is -0.481 e. The number of aromatic nitrogens is 1. The molecule has 3 atom stereocenters. The van der Waals surface area contributed by atoms with Crippen LogP contribution in [-0.4, -0.2) is 51.9 Å². The molecule has 0 saturated carbocycles. The number of hydrogen-bond acceptors (Lipinski definition) is 5. The molecule has 0 aliphatic heterocycles. The summed E-state index contributed by atoms with van der Waals surface area (Å²) in [6.07, 6.45) is 4.83. The van der Waals surface area contributed by atoms with Gasteiger partial charge in [0.1, 0.15) is 5.69 Å². The Bertz CT molecular complexity index is 976. The van der Waals surface area contributed by atoms with Gasteiger partial charge in [0.25, 0.3) is 5.91 Å². The summed E-state index contributed by atoms with van der Waals surface area (Å²) in [7, 11) is 1.88. The van der Waals surface area contributed by atoms with Crippen molar-refractivity contribution < 1.29 is 19.5 Å². The van der Waals surface area contributed by atoms with Crippen molar-refractivity contribution in [2.24, 2.45) is 11.8 Å². The summed E-state index contributed by atoms with van der Waals surface area (Å²) in [6, 6.07) is 9.53. The number of carboxylic acids is 1. The highest BCUT2D eigenvalue weighted by Crippen LogP contribution is 2.20. The molecular formula is C28H41N3O4S. The molecule has 0 saturated heterocycles. The van der Waals surface area contributed by atoms with Crippen LogP contribution in [0, 0.1) is 11.8 Å². The van der Waals surface area contributed by atoms with Gasteiger partial charge in [-0.3, -0.25) is 14.4 Å². The van der Waals surface area contributed by atoms with Crippen LogP contribution in [0.4, 0.5) is 0 Å². The second-order valence-electron chi connectivity index (χ2n) is 9.92. The summed E-state index contributed by atoms with van der Waals surface area (Å²) in [4.78, 5) is 43.4. The van der Waals surface area contributed by atoms with Crippen molar-refractivity contribution in [1.29, 1.82) is 0 Å². The van der Waals surface area contributed by atoms with Crippen LogP contribution >= 0.6 is 11.3 Å². The number of unbranched alkanes of at least 4 members (excludes halogenated alkanes) is 1. The predicted octanol–water partition coefficient (Wildman–Crippen LogP) is 5.20. The summed E-state index contributed by atoms with van der Waals surface area (Å²) in [5.41, 5.74) is 1.39. The molecular weight excluding hydrogens is 474 g/mol.